The van der Waals surface area contributed by atoms with Crippen LogP contribution in [0.2, 0.25) is 0 Å². The van der Waals surface area contributed by atoms with E-state index in [9.17, 15) is 24.3 Å². The Balaban J connectivity index is 2.17. The van der Waals surface area contributed by atoms with E-state index < -0.39 is 57.2 Å². The van der Waals surface area contributed by atoms with E-state index in [0.717, 1.165) is 9.79 Å². The summed E-state index contributed by atoms with van der Waals surface area (Å²) in [4.78, 5) is 55.0. The van der Waals surface area contributed by atoms with Crippen LogP contribution in [0.5, 0.6) is 0 Å². The third-order valence-electron chi connectivity index (χ3n) is 6.87. The smallest absolute Gasteiger partial charge is 0.407 e. The average molecular weight is 647 g/mol. The number of hydrogen-bond acceptors (Lipinski definition) is 10. The summed E-state index contributed by atoms with van der Waals surface area (Å²) in [6.07, 6.45) is -1.04. The molecule has 3 atom stereocenters. The third-order valence-corrected chi connectivity index (χ3v) is 9.84. The zero-order chi connectivity index (χ0) is 32.5. The molecule has 1 saturated carbocycles. The minimum atomic E-state index is -2.36. The van der Waals surface area contributed by atoms with Crippen molar-refractivity contribution in [1.82, 2.24) is 10.6 Å². The average Bonchev–Trinajstić information content (AvgIpc) is 3.28. The fourth-order valence-electron chi connectivity index (χ4n) is 5.22. The van der Waals surface area contributed by atoms with Crippen molar-refractivity contribution in [2.24, 2.45) is 5.92 Å². The van der Waals surface area contributed by atoms with Gasteiger partial charge in [0.05, 0.1) is 23.4 Å². The van der Waals surface area contributed by atoms with Crippen LogP contribution >= 0.6 is 23.5 Å². The second-order valence-corrected chi connectivity index (χ2v) is 14.2. The van der Waals surface area contributed by atoms with Gasteiger partial charge in [0, 0.05) is 28.7 Å². The number of rotatable bonds is 12. The van der Waals surface area contributed by atoms with Crippen molar-refractivity contribution >= 4 is 47.5 Å². The van der Waals surface area contributed by atoms with Crippen LogP contribution in [0.4, 0.5) is 4.79 Å². The van der Waals surface area contributed by atoms with Crippen LogP contribution in [0.3, 0.4) is 0 Å². The van der Waals surface area contributed by atoms with Gasteiger partial charge in [0.15, 0.2) is 0 Å². The highest BCUT2D eigenvalue weighted by atomic mass is 32.2. The van der Waals surface area contributed by atoms with Gasteiger partial charge >= 0.3 is 18.0 Å². The number of alkyl carbamates (subject to hydrolysis) is 1. The second kappa shape index (κ2) is 15.2. The summed E-state index contributed by atoms with van der Waals surface area (Å²) in [6, 6.07) is 18.1. The Hall–Kier alpha value is -3.22. The van der Waals surface area contributed by atoms with E-state index in [-0.39, 0.29) is 26.1 Å². The van der Waals surface area contributed by atoms with Gasteiger partial charge in [-0.25, -0.2) is 14.4 Å². The maximum atomic E-state index is 13.8. The Kier molecular flexibility index (Phi) is 12.2. The number of nitrogens with one attached hydrogen (secondary N) is 2. The zero-order valence-corrected chi connectivity index (χ0v) is 27.6. The van der Waals surface area contributed by atoms with Crippen molar-refractivity contribution < 1.29 is 38.5 Å². The van der Waals surface area contributed by atoms with E-state index in [2.05, 4.69) is 10.6 Å². The molecule has 2 unspecified atom stereocenters. The fourth-order valence-corrected chi connectivity index (χ4v) is 8.03. The number of benzene rings is 2. The van der Waals surface area contributed by atoms with Gasteiger partial charge in [-0.3, -0.25) is 4.79 Å². The Labute approximate surface area is 267 Å². The molecule has 1 aliphatic rings. The molecule has 1 fully saturated rings. The van der Waals surface area contributed by atoms with Gasteiger partial charge in [0.2, 0.25) is 11.4 Å². The fraction of sp³-hybridized carbons (Fsp3) is 0.500. The summed E-state index contributed by atoms with van der Waals surface area (Å²) in [7, 11) is 0. The first-order chi connectivity index (χ1) is 20.7. The molecule has 0 saturated heterocycles. The third kappa shape index (κ3) is 8.92. The SMILES string of the molecule is CCOC(=O)C(NC(C)=O)(C(=O)OCC)C1C[C@@](O)(C(Sc2ccccc2)Sc2ccccc2)CC1NC(=O)OC(C)(C)C. The number of thioether (sulfide) groups is 2. The Morgan fingerprint density at radius 3 is 1.77 bits per heavy atom. The number of carbonyl (C=O) groups is 4. The molecule has 2 amide bonds. The maximum Gasteiger partial charge on any atom is 0.407 e. The van der Waals surface area contributed by atoms with Crippen LogP contribution in [0.25, 0.3) is 0 Å². The van der Waals surface area contributed by atoms with Crippen LogP contribution in [0.1, 0.15) is 54.4 Å². The largest absolute Gasteiger partial charge is 0.464 e. The second-order valence-electron chi connectivity index (χ2n) is 11.5. The Bertz CT molecular complexity index is 1230. The van der Waals surface area contributed by atoms with Gasteiger partial charge in [0.1, 0.15) is 5.60 Å². The summed E-state index contributed by atoms with van der Waals surface area (Å²) >= 11 is 2.85. The Morgan fingerprint density at radius 2 is 1.36 bits per heavy atom. The standard InChI is InChI=1S/C32H42N2O8S2/c1-7-40-26(36)32(34-21(3)35,27(37)41-8-2)24-19-31(39,20-25(24)33-29(38)42-30(4,5)6)28(43-22-15-11-9-12-16-22)44-23-17-13-10-14-18-23/h9-18,24-25,28,39H,7-8,19-20H2,1-6H3,(H,33,38)(H,34,35)/t24?,25?,31-/m0/s1. The lowest BCUT2D eigenvalue weighted by molar-refractivity contribution is -0.172. The highest BCUT2D eigenvalue weighted by Crippen LogP contribution is 2.52. The molecule has 0 radical (unpaired) electrons. The summed E-state index contributed by atoms with van der Waals surface area (Å²) in [5.41, 5.74) is -4.78. The monoisotopic (exact) mass is 646 g/mol. The van der Waals surface area contributed by atoms with Crippen LogP contribution in [0, 0.1) is 5.92 Å². The van der Waals surface area contributed by atoms with Crippen LogP contribution in [-0.2, 0) is 28.6 Å². The van der Waals surface area contributed by atoms with Crippen molar-refractivity contribution in [3.63, 3.8) is 0 Å². The van der Waals surface area contributed by atoms with Gasteiger partial charge in [-0.2, -0.15) is 0 Å². The lowest BCUT2D eigenvalue weighted by Gasteiger charge is -2.38. The topological polar surface area (TPSA) is 140 Å². The van der Waals surface area contributed by atoms with Crippen LogP contribution < -0.4 is 10.6 Å². The van der Waals surface area contributed by atoms with E-state index in [1.165, 1.54) is 30.4 Å². The van der Waals surface area contributed by atoms with Crippen LogP contribution in [0.15, 0.2) is 70.5 Å². The van der Waals surface area contributed by atoms with Gasteiger partial charge in [0.25, 0.3) is 0 Å². The molecule has 10 nitrogen and oxygen atoms in total. The number of amides is 2. The van der Waals surface area contributed by atoms with E-state index in [0.29, 0.717) is 0 Å². The summed E-state index contributed by atoms with van der Waals surface area (Å²) < 4.78 is 15.6. The molecule has 12 heteroatoms. The van der Waals surface area contributed by atoms with E-state index in [4.69, 9.17) is 14.2 Å². The van der Waals surface area contributed by atoms with Crippen molar-refractivity contribution in [3.05, 3.63) is 60.7 Å². The lowest BCUT2D eigenvalue weighted by atomic mass is 9.79. The number of aliphatic hydroxyl groups is 1. The first-order valence-corrected chi connectivity index (χ1v) is 16.3. The van der Waals surface area contributed by atoms with Gasteiger partial charge in [-0.1, -0.05) is 36.4 Å². The summed E-state index contributed by atoms with van der Waals surface area (Å²) in [5.74, 6) is -3.94. The predicted molar refractivity (Wildman–Crippen MR) is 169 cm³/mol. The van der Waals surface area contributed by atoms with Crippen molar-refractivity contribution in [1.29, 1.82) is 0 Å². The van der Waals surface area contributed by atoms with E-state index in [1.54, 1.807) is 34.6 Å². The molecule has 3 N–H and O–H groups in total. The molecule has 0 aliphatic heterocycles. The van der Waals surface area contributed by atoms with E-state index in [1.807, 2.05) is 60.7 Å². The summed E-state index contributed by atoms with van der Waals surface area (Å²) in [5, 5.41) is 17.8. The zero-order valence-electron chi connectivity index (χ0n) is 26.0. The molecule has 0 bridgehead atoms. The first kappa shape index (κ1) is 35.3. The maximum absolute atomic E-state index is 13.8. The van der Waals surface area contributed by atoms with Gasteiger partial charge < -0.3 is 30.0 Å². The van der Waals surface area contributed by atoms with E-state index >= 15 is 0 Å². The molecule has 3 rings (SSSR count). The molecule has 1 aliphatic carbocycles. The van der Waals surface area contributed by atoms with Crippen LogP contribution in [-0.4, -0.2) is 69.6 Å². The van der Waals surface area contributed by atoms with Crippen molar-refractivity contribution in [3.8, 4) is 0 Å². The molecular formula is C32H42N2O8S2. The Morgan fingerprint density at radius 1 is 0.886 bits per heavy atom. The molecule has 240 valence electrons. The lowest BCUT2D eigenvalue weighted by Crippen LogP contribution is -2.68. The van der Waals surface area contributed by atoms with Gasteiger partial charge in [-0.15, -0.1) is 23.5 Å². The minimum absolute atomic E-state index is 0.0681. The molecule has 44 heavy (non-hydrogen) atoms. The number of ether oxygens (including phenoxy) is 3. The number of carbonyl (C=O) groups excluding carboxylic acids is 4. The molecule has 0 spiro atoms. The molecule has 0 aromatic heterocycles. The summed E-state index contributed by atoms with van der Waals surface area (Å²) in [6.45, 7) is 9.26. The predicted octanol–water partition coefficient (Wildman–Crippen LogP) is 4.93. The quantitative estimate of drug-likeness (QED) is 0.0956. The molecule has 0 heterocycles. The minimum Gasteiger partial charge on any atom is -0.464 e. The highest BCUT2D eigenvalue weighted by molar-refractivity contribution is 8.17. The van der Waals surface area contributed by atoms with Crippen molar-refractivity contribution in [2.45, 2.75) is 91.5 Å². The van der Waals surface area contributed by atoms with Crippen molar-refractivity contribution in [2.75, 3.05) is 13.2 Å². The first-order valence-electron chi connectivity index (χ1n) is 14.5. The normalized spacial score (nSPS) is 20.1. The molecule has 2 aromatic carbocycles. The highest BCUT2D eigenvalue weighted by Gasteiger charge is 2.65. The number of esters is 2. The molecular weight excluding hydrogens is 604 g/mol. The van der Waals surface area contributed by atoms with Gasteiger partial charge in [-0.05, 0) is 71.7 Å². The number of hydrogen-bond donors (Lipinski definition) is 3. The molecule has 2 aromatic rings.